The summed E-state index contributed by atoms with van der Waals surface area (Å²) in [5, 5.41) is 24.2. The van der Waals surface area contributed by atoms with Crippen molar-refractivity contribution in [2.24, 2.45) is 16.8 Å². The summed E-state index contributed by atoms with van der Waals surface area (Å²) in [6, 6.07) is 11.9. The molecule has 0 saturated heterocycles. The first-order valence-corrected chi connectivity index (χ1v) is 11.7. The molecule has 2 aromatic carbocycles. The fraction of sp³-hybridized carbons (Fsp3) is 0.208. The summed E-state index contributed by atoms with van der Waals surface area (Å²) in [4.78, 5) is 3.72. The lowest BCUT2D eigenvalue weighted by Crippen LogP contribution is -2.55. The van der Waals surface area contributed by atoms with Crippen molar-refractivity contribution >= 4 is 16.9 Å². The number of nitriles is 1. The molecule has 0 spiro atoms. The SMILES string of the molecule is CCS/C(=N/N)N(N)CC(O)(c1ccc(F)cc1F)C(F)(F)c1ccc(Oc2ccc(C#N)cc2)cn1. The number of hydrazone groups is 1. The van der Waals surface area contributed by atoms with Crippen molar-refractivity contribution in [1.82, 2.24) is 9.99 Å². The molecule has 13 heteroatoms. The van der Waals surface area contributed by atoms with Gasteiger partial charge in [0.1, 0.15) is 28.8 Å². The third kappa shape index (κ3) is 5.93. The van der Waals surface area contributed by atoms with Gasteiger partial charge in [0.2, 0.25) is 0 Å². The van der Waals surface area contributed by atoms with Crippen molar-refractivity contribution < 1.29 is 27.4 Å². The zero-order chi connectivity index (χ0) is 27.2. The molecule has 5 N–H and O–H groups in total. The zero-order valence-electron chi connectivity index (χ0n) is 19.4. The highest BCUT2D eigenvalue weighted by Crippen LogP contribution is 2.46. The van der Waals surface area contributed by atoms with Crippen LogP contribution < -0.4 is 16.4 Å². The molecule has 3 aromatic rings. The van der Waals surface area contributed by atoms with Gasteiger partial charge in [-0.2, -0.15) is 19.1 Å². The van der Waals surface area contributed by atoms with E-state index in [9.17, 15) is 13.9 Å². The van der Waals surface area contributed by atoms with Crippen LogP contribution in [0.2, 0.25) is 0 Å². The fourth-order valence-electron chi connectivity index (χ4n) is 3.39. The monoisotopic (exact) mass is 534 g/mol. The Bertz CT molecular complexity index is 1300. The van der Waals surface area contributed by atoms with Crippen LogP contribution in [0.5, 0.6) is 11.5 Å². The molecule has 194 valence electrons. The smallest absolute Gasteiger partial charge is 0.323 e. The molecule has 1 unspecified atom stereocenters. The largest absolute Gasteiger partial charge is 0.456 e. The number of ether oxygens (including phenoxy) is 1. The lowest BCUT2D eigenvalue weighted by Gasteiger charge is -2.38. The minimum Gasteiger partial charge on any atom is -0.456 e. The van der Waals surface area contributed by atoms with Crippen molar-refractivity contribution in [2.75, 3.05) is 12.3 Å². The molecule has 0 aliphatic carbocycles. The molecule has 1 heterocycles. The number of amidine groups is 1. The first-order chi connectivity index (χ1) is 17.5. The van der Waals surface area contributed by atoms with E-state index in [4.69, 9.17) is 21.7 Å². The van der Waals surface area contributed by atoms with E-state index in [2.05, 4.69) is 10.1 Å². The molecule has 0 saturated carbocycles. The number of halogens is 4. The number of hydrogen-bond acceptors (Lipinski definition) is 8. The van der Waals surface area contributed by atoms with Crippen molar-refractivity contribution in [3.05, 3.63) is 89.2 Å². The summed E-state index contributed by atoms with van der Waals surface area (Å²) >= 11 is 1.00. The number of aliphatic hydroxyl groups is 1. The molecule has 3 rings (SSSR count). The molecule has 0 aliphatic rings. The Labute approximate surface area is 214 Å². The highest BCUT2D eigenvalue weighted by Gasteiger charge is 2.58. The average molecular weight is 535 g/mol. The van der Waals surface area contributed by atoms with Crippen LogP contribution in [0.25, 0.3) is 0 Å². The van der Waals surface area contributed by atoms with Gasteiger partial charge in [-0.15, -0.1) is 0 Å². The van der Waals surface area contributed by atoms with Gasteiger partial charge in [-0.3, -0.25) is 9.99 Å². The van der Waals surface area contributed by atoms with E-state index in [1.807, 2.05) is 6.07 Å². The molecule has 37 heavy (non-hydrogen) atoms. The molecule has 0 amide bonds. The number of nitrogens with two attached hydrogens (primary N) is 2. The van der Waals surface area contributed by atoms with Crippen LogP contribution in [0.15, 0.2) is 65.9 Å². The molecule has 0 bridgehead atoms. The van der Waals surface area contributed by atoms with Crippen molar-refractivity contribution in [1.29, 1.82) is 5.26 Å². The lowest BCUT2D eigenvalue weighted by molar-refractivity contribution is -0.204. The van der Waals surface area contributed by atoms with E-state index in [0.29, 0.717) is 34.2 Å². The molecular weight excluding hydrogens is 512 g/mol. The third-order valence-electron chi connectivity index (χ3n) is 5.20. The Morgan fingerprint density at radius 3 is 2.38 bits per heavy atom. The first-order valence-electron chi connectivity index (χ1n) is 10.7. The molecule has 1 atom stereocenters. The standard InChI is InChI=1S/C24H22F4N6O2S/c1-2-37-22(33-30)34(31)14-23(35,19-9-5-16(25)11-20(19)26)24(27,28)21-10-8-18(13-32-21)36-17-6-3-15(12-29)4-7-17/h3-11,13,35H,2,14,30-31H2,1H3/b33-22+. The highest BCUT2D eigenvalue weighted by molar-refractivity contribution is 8.13. The molecule has 0 radical (unpaired) electrons. The Morgan fingerprint density at radius 1 is 1.16 bits per heavy atom. The van der Waals surface area contributed by atoms with Crippen LogP contribution in [0.1, 0.15) is 23.7 Å². The fourth-order valence-corrected chi connectivity index (χ4v) is 3.95. The Kier molecular flexibility index (Phi) is 8.59. The number of hydrogen-bond donors (Lipinski definition) is 3. The van der Waals surface area contributed by atoms with Gasteiger partial charge in [0.25, 0.3) is 0 Å². The molecule has 8 nitrogen and oxygen atoms in total. The van der Waals surface area contributed by atoms with E-state index in [0.717, 1.165) is 30.1 Å². The second kappa shape index (κ2) is 11.5. The van der Waals surface area contributed by atoms with Gasteiger partial charge in [0.15, 0.2) is 10.8 Å². The number of alkyl halides is 2. The molecule has 0 fully saturated rings. The minimum absolute atomic E-state index is 0.0816. The van der Waals surface area contributed by atoms with Crippen LogP contribution in [-0.4, -0.2) is 32.6 Å². The average Bonchev–Trinajstić information content (AvgIpc) is 2.87. The summed E-state index contributed by atoms with van der Waals surface area (Å²) in [5.41, 5.74) is -4.77. The predicted molar refractivity (Wildman–Crippen MR) is 130 cm³/mol. The summed E-state index contributed by atoms with van der Waals surface area (Å²) < 4.78 is 65.6. The number of nitrogens with zero attached hydrogens (tertiary/aromatic N) is 4. The second-order valence-electron chi connectivity index (χ2n) is 7.65. The van der Waals surface area contributed by atoms with Gasteiger partial charge in [-0.1, -0.05) is 18.7 Å². The lowest BCUT2D eigenvalue weighted by atomic mass is 9.84. The van der Waals surface area contributed by atoms with Crippen LogP contribution in [0.4, 0.5) is 17.6 Å². The van der Waals surface area contributed by atoms with Gasteiger partial charge in [-0.25, -0.2) is 14.6 Å². The third-order valence-corrected chi connectivity index (χ3v) is 6.09. The van der Waals surface area contributed by atoms with Gasteiger partial charge >= 0.3 is 5.92 Å². The first kappa shape index (κ1) is 27.7. The van der Waals surface area contributed by atoms with E-state index in [1.165, 1.54) is 30.3 Å². The van der Waals surface area contributed by atoms with E-state index in [1.54, 1.807) is 6.92 Å². The van der Waals surface area contributed by atoms with Crippen LogP contribution in [0, 0.1) is 23.0 Å². The number of pyridine rings is 1. The van der Waals surface area contributed by atoms with E-state index >= 15 is 8.78 Å². The van der Waals surface area contributed by atoms with Gasteiger partial charge in [0, 0.05) is 11.6 Å². The summed E-state index contributed by atoms with van der Waals surface area (Å²) in [5.74, 6) is 5.32. The van der Waals surface area contributed by atoms with Crippen LogP contribution >= 0.6 is 11.8 Å². The van der Waals surface area contributed by atoms with Crippen LogP contribution in [0.3, 0.4) is 0 Å². The molecule has 1 aromatic heterocycles. The highest BCUT2D eigenvalue weighted by atomic mass is 32.2. The van der Waals surface area contributed by atoms with Gasteiger partial charge in [-0.05, 0) is 54.3 Å². The molecular formula is C24H22F4N6O2S. The number of rotatable bonds is 8. The zero-order valence-corrected chi connectivity index (χ0v) is 20.2. The number of aromatic nitrogens is 1. The summed E-state index contributed by atoms with van der Waals surface area (Å²) in [7, 11) is 0. The number of thioether (sulfide) groups is 1. The van der Waals surface area contributed by atoms with E-state index in [-0.39, 0.29) is 10.9 Å². The van der Waals surface area contributed by atoms with Gasteiger partial charge < -0.3 is 15.7 Å². The van der Waals surface area contributed by atoms with Crippen LogP contribution in [-0.2, 0) is 11.5 Å². The maximum atomic E-state index is 15.9. The summed E-state index contributed by atoms with van der Waals surface area (Å²) in [6.45, 7) is 0.659. The number of hydrazine groups is 1. The topological polar surface area (TPSA) is 134 Å². The number of benzene rings is 2. The van der Waals surface area contributed by atoms with Crippen molar-refractivity contribution in [3.63, 3.8) is 0 Å². The minimum atomic E-state index is -4.24. The maximum Gasteiger partial charge on any atom is 0.323 e. The van der Waals surface area contributed by atoms with Gasteiger partial charge in [0.05, 0.1) is 24.4 Å². The quantitative estimate of drug-likeness (QED) is 0.129. The predicted octanol–water partition coefficient (Wildman–Crippen LogP) is 4.16. The maximum absolute atomic E-state index is 15.9. The normalized spacial score (nSPS) is 13.5. The Balaban J connectivity index is 1.99. The van der Waals surface area contributed by atoms with Crippen molar-refractivity contribution in [2.45, 2.75) is 18.4 Å². The van der Waals surface area contributed by atoms with Crippen molar-refractivity contribution in [3.8, 4) is 17.6 Å². The van der Waals surface area contributed by atoms with E-state index < -0.39 is 41.0 Å². The molecule has 0 aliphatic heterocycles. The Hall–Kier alpha value is -3.86. The summed E-state index contributed by atoms with van der Waals surface area (Å²) in [6.07, 6.45) is 0.989. The second-order valence-corrected chi connectivity index (χ2v) is 8.88. The Morgan fingerprint density at radius 2 is 1.84 bits per heavy atom.